The molecule has 8 nitrogen and oxygen atoms in total. The molecule has 0 atom stereocenters. The van der Waals surface area contributed by atoms with Gasteiger partial charge in [0.1, 0.15) is 5.82 Å². The summed E-state index contributed by atoms with van der Waals surface area (Å²) in [5.41, 5.74) is 6.71. The number of nitrogens with zero attached hydrogens (tertiary/aromatic N) is 5. The molecule has 0 radical (unpaired) electrons. The molecule has 1 aliphatic carbocycles. The van der Waals surface area contributed by atoms with Crippen LogP contribution in [0.15, 0.2) is 63.2 Å². The van der Waals surface area contributed by atoms with Crippen LogP contribution in [-0.4, -0.2) is 24.4 Å². The van der Waals surface area contributed by atoms with Crippen LogP contribution in [-0.2, 0) is 27.1 Å². The number of benzene rings is 2. The van der Waals surface area contributed by atoms with Gasteiger partial charge >= 0.3 is 5.69 Å². The maximum absolute atomic E-state index is 13.4. The van der Waals surface area contributed by atoms with Gasteiger partial charge in [0.05, 0.1) is 12.3 Å². The highest BCUT2D eigenvalue weighted by Crippen LogP contribution is 2.23. The second kappa shape index (κ2) is 8.16. The van der Waals surface area contributed by atoms with Crippen LogP contribution in [0.5, 0.6) is 0 Å². The Morgan fingerprint density at radius 3 is 2.58 bits per heavy atom. The summed E-state index contributed by atoms with van der Waals surface area (Å²) in [6.07, 6.45) is 2.83. The minimum atomic E-state index is -0.460. The monoisotopic (exact) mass is 446 g/mol. The standard InChI is InChI=1S/C24H23FN6O2/c1-29-21-20(22(32)30(2)24(29)33)31(14-15-10-12-17(25)13-11-15)23(26-21)28-27-19-9-5-7-16-6-3-4-8-18(16)19/h3-4,6,8,10-13H,5,7,9,14H2,1-2H3,(H,26,28)/b27-19-. The van der Waals surface area contributed by atoms with Crippen LogP contribution in [0.2, 0.25) is 0 Å². The fraction of sp³-hybridized carbons (Fsp3) is 0.250. The van der Waals surface area contributed by atoms with Crippen molar-refractivity contribution < 1.29 is 4.39 Å². The second-order valence-corrected chi connectivity index (χ2v) is 8.21. The summed E-state index contributed by atoms with van der Waals surface area (Å²) < 4.78 is 17.5. The molecule has 0 unspecified atom stereocenters. The molecule has 9 heteroatoms. The molecule has 1 aliphatic rings. The Hall–Kier alpha value is -4.01. The first-order valence-electron chi connectivity index (χ1n) is 10.8. The molecule has 168 valence electrons. The van der Waals surface area contributed by atoms with Gasteiger partial charge in [0.15, 0.2) is 11.2 Å². The zero-order valence-corrected chi connectivity index (χ0v) is 18.4. The number of imidazole rings is 1. The van der Waals surface area contributed by atoms with Crippen molar-refractivity contribution in [2.24, 2.45) is 19.2 Å². The van der Waals surface area contributed by atoms with Crippen molar-refractivity contribution >= 4 is 22.8 Å². The van der Waals surface area contributed by atoms with E-state index < -0.39 is 11.2 Å². The lowest BCUT2D eigenvalue weighted by molar-refractivity contribution is 0.626. The van der Waals surface area contributed by atoms with Gasteiger partial charge in [-0.25, -0.2) is 14.6 Å². The van der Waals surface area contributed by atoms with Crippen LogP contribution < -0.4 is 16.7 Å². The first-order valence-corrected chi connectivity index (χ1v) is 10.8. The first kappa shape index (κ1) is 20.9. The average Bonchev–Trinajstić information content (AvgIpc) is 3.19. The number of aromatic nitrogens is 4. The molecular weight excluding hydrogens is 423 g/mol. The molecule has 0 fully saturated rings. The Balaban J connectivity index is 1.65. The number of halogens is 1. The molecule has 0 amide bonds. The van der Waals surface area contributed by atoms with Gasteiger partial charge in [-0.1, -0.05) is 36.4 Å². The highest BCUT2D eigenvalue weighted by Gasteiger charge is 2.20. The smallest absolute Gasteiger partial charge is 0.298 e. The van der Waals surface area contributed by atoms with Gasteiger partial charge in [-0.2, -0.15) is 10.1 Å². The lowest BCUT2D eigenvalue weighted by atomic mass is 9.90. The predicted molar refractivity (Wildman–Crippen MR) is 125 cm³/mol. The number of rotatable bonds is 4. The number of anilines is 1. The molecule has 5 rings (SSSR count). The Morgan fingerprint density at radius 2 is 1.79 bits per heavy atom. The number of aryl methyl sites for hydroxylation is 2. The van der Waals surface area contributed by atoms with Gasteiger partial charge in [0.25, 0.3) is 5.56 Å². The van der Waals surface area contributed by atoms with Gasteiger partial charge in [-0.05, 0) is 42.5 Å². The lowest BCUT2D eigenvalue weighted by Crippen LogP contribution is -2.37. The molecule has 2 aromatic heterocycles. The highest BCUT2D eigenvalue weighted by atomic mass is 19.1. The van der Waals surface area contributed by atoms with Crippen molar-refractivity contribution in [3.8, 4) is 0 Å². The van der Waals surface area contributed by atoms with E-state index in [1.54, 1.807) is 23.7 Å². The zero-order chi connectivity index (χ0) is 23.1. The van der Waals surface area contributed by atoms with Gasteiger partial charge in [0, 0.05) is 19.7 Å². The van der Waals surface area contributed by atoms with Crippen LogP contribution in [0.1, 0.15) is 29.5 Å². The molecular formula is C24H23FN6O2. The van der Waals surface area contributed by atoms with E-state index in [9.17, 15) is 14.0 Å². The second-order valence-electron chi connectivity index (χ2n) is 8.21. The fourth-order valence-corrected chi connectivity index (χ4v) is 4.29. The zero-order valence-electron chi connectivity index (χ0n) is 18.4. The first-order chi connectivity index (χ1) is 15.9. The Labute approximate surface area is 188 Å². The summed E-state index contributed by atoms with van der Waals surface area (Å²) >= 11 is 0. The maximum Gasteiger partial charge on any atom is 0.332 e. The van der Waals surface area contributed by atoms with Gasteiger partial charge < -0.3 is 0 Å². The summed E-state index contributed by atoms with van der Waals surface area (Å²) in [7, 11) is 3.01. The van der Waals surface area contributed by atoms with Gasteiger partial charge in [-0.15, -0.1) is 0 Å². The Bertz CT molecular complexity index is 1510. The minimum absolute atomic E-state index is 0.258. The number of nitrogens with one attached hydrogen (secondary N) is 1. The van der Waals surface area contributed by atoms with Gasteiger partial charge in [0.2, 0.25) is 5.95 Å². The molecule has 33 heavy (non-hydrogen) atoms. The molecule has 0 aliphatic heterocycles. The number of hydrogen-bond donors (Lipinski definition) is 1. The van der Waals surface area contributed by atoms with E-state index >= 15 is 0 Å². The van der Waals surface area contributed by atoms with E-state index in [0.29, 0.717) is 5.95 Å². The third-order valence-electron chi connectivity index (χ3n) is 6.08. The summed E-state index contributed by atoms with van der Waals surface area (Å²) in [6.45, 7) is 0.258. The largest absolute Gasteiger partial charge is 0.332 e. The lowest BCUT2D eigenvalue weighted by Gasteiger charge is -2.17. The van der Waals surface area contributed by atoms with E-state index in [2.05, 4.69) is 27.6 Å². The minimum Gasteiger partial charge on any atom is -0.298 e. The fourth-order valence-electron chi connectivity index (χ4n) is 4.29. The van der Waals surface area contributed by atoms with Crippen molar-refractivity contribution in [1.82, 2.24) is 18.7 Å². The van der Waals surface area contributed by atoms with Crippen molar-refractivity contribution in [2.45, 2.75) is 25.8 Å². The molecule has 4 aromatic rings. The van der Waals surface area contributed by atoms with Crippen LogP contribution in [0.25, 0.3) is 11.2 Å². The van der Waals surface area contributed by atoms with Crippen LogP contribution >= 0.6 is 0 Å². The summed E-state index contributed by atoms with van der Waals surface area (Å²) in [4.78, 5) is 30.0. The summed E-state index contributed by atoms with van der Waals surface area (Å²) in [5.74, 6) is -0.00329. The van der Waals surface area contributed by atoms with Gasteiger partial charge in [-0.3, -0.25) is 18.5 Å². The number of fused-ring (bicyclic) bond motifs is 2. The van der Waals surface area contributed by atoms with Crippen molar-refractivity contribution in [1.29, 1.82) is 0 Å². The third-order valence-corrected chi connectivity index (χ3v) is 6.08. The molecule has 2 heterocycles. The van der Waals surface area contributed by atoms with Crippen LogP contribution in [0, 0.1) is 5.82 Å². The Kier molecular flexibility index (Phi) is 5.16. The highest BCUT2D eigenvalue weighted by molar-refractivity contribution is 6.03. The van der Waals surface area contributed by atoms with E-state index in [-0.39, 0.29) is 23.5 Å². The number of hydrazone groups is 1. The molecule has 0 spiro atoms. The SMILES string of the molecule is Cn1c(=O)c2c(nc(N/N=C3/CCCc4ccccc43)n2Cc2ccc(F)cc2)n(C)c1=O. The quantitative estimate of drug-likeness (QED) is 0.489. The molecule has 0 saturated carbocycles. The summed E-state index contributed by atoms with van der Waals surface area (Å²) in [5, 5.41) is 4.64. The predicted octanol–water partition coefficient (Wildman–Crippen LogP) is 2.77. The van der Waals surface area contributed by atoms with E-state index in [1.165, 1.54) is 29.3 Å². The van der Waals surface area contributed by atoms with Crippen LogP contribution in [0.4, 0.5) is 10.3 Å². The maximum atomic E-state index is 13.4. The van der Waals surface area contributed by atoms with E-state index in [4.69, 9.17) is 0 Å². The summed E-state index contributed by atoms with van der Waals surface area (Å²) in [6, 6.07) is 14.2. The normalized spacial score (nSPS) is 14.6. The molecule has 1 N–H and O–H groups in total. The van der Waals surface area contributed by atoms with E-state index in [1.807, 2.05) is 12.1 Å². The molecule has 2 aromatic carbocycles. The Morgan fingerprint density at radius 1 is 1.03 bits per heavy atom. The number of hydrogen-bond acceptors (Lipinski definition) is 5. The van der Waals surface area contributed by atoms with Crippen molar-refractivity contribution in [2.75, 3.05) is 5.43 Å². The molecule has 0 bridgehead atoms. The van der Waals surface area contributed by atoms with E-state index in [0.717, 1.165) is 40.7 Å². The average molecular weight is 446 g/mol. The topological polar surface area (TPSA) is 86.2 Å². The van der Waals surface area contributed by atoms with Crippen LogP contribution in [0.3, 0.4) is 0 Å². The van der Waals surface area contributed by atoms with Crippen molar-refractivity contribution in [3.63, 3.8) is 0 Å². The molecule has 0 saturated heterocycles. The third kappa shape index (κ3) is 3.65. The van der Waals surface area contributed by atoms with Crippen molar-refractivity contribution in [3.05, 3.63) is 91.9 Å².